The second-order valence-electron chi connectivity index (χ2n) is 5.60. The maximum Gasteiger partial charge on any atom is 0.306 e. The second kappa shape index (κ2) is 6.27. The zero-order chi connectivity index (χ0) is 12.1. The number of hydrogen-bond acceptors (Lipinski definition) is 2. The van der Waals surface area contributed by atoms with Gasteiger partial charge in [-0.15, -0.1) is 0 Å². The molecule has 0 radical (unpaired) electrons. The lowest BCUT2D eigenvalue weighted by Crippen LogP contribution is -2.35. The van der Waals surface area contributed by atoms with Gasteiger partial charge in [0.25, 0.3) is 0 Å². The third kappa shape index (κ3) is 3.80. The highest BCUT2D eigenvalue weighted by molar-refractivity contribution is 5.69. The molecule has 3 atom stereocenters. The van der Waals surface area contributed by atoms with Crippen molar-refractivity contribution in [2.24, 2.45) is 17.8 Å². The van der Waals surface area contributed by atoms with Crippen LogP contribution in [0, 0.1) is 17.8 Å². The highest BCUT2D eigenvalue weighted by atomic mass is 16.5. The van der Waals surface area contributed by atoms with Gasteiger partial charge < -0.3 is 4.74 Å². The van der Waals surface area contributed by atoms with E-state index in [-0.39, 0.29) is 12.1 Å². The van der Waals surface area contributed by atoms with Crippen molar-refractivity contribution in [3.05, 3.63) is 0 Å². The highest BCUT2D eigenvalue weighted by Crippen LogP contribution is 2.35. The molecule has 94 valence electrons. The number of hydrogen-bond donors (Lipinski definition) is 0. The number of esters is 1. The maximum atomic E-state index is 11.6. The van der Waals surface area contributed by atoms with Crippen molar-refractivity contribution in [2.75, 3.05) is 0 Å². The number of ether oxygens (including phenoxy) is 1. The lowest BCUT2D eigenvalue weighted by molar-refractivity contribution is -0.155. The van der Waals surface area contributed by atoms with Crippen LogP contribution in [-0.4, -0.2) is 12.1 Å². The van der Waals surface area contributed by atoms with Crippen molar-refractivity contribution in [3.8, 4) is 0 Å². The summed E-state index contributed by atoms with van der Waals surface area (Å²) in [5.41, 5.74) is 0. The molecule has 0 N–H and O–H groups in total. The van der Waals surface area contributed by atoms with Gasteiger partial charge >= 0.3 is 5.97 Å². The van der Waals surface area contributed by atoms with Crippen LogP contribution >= 0.6 is 0 Å². The van der Waals surface area contributed by atoms with E-state index in [4.69, 9.17) is 4.74 Å². The molecule has 1 fully saturated rings. The lowest BCUT2D eigenvalue weighted by atomic mass is 9.75. The molecule has 2 unspecified atom stereocenters. The van der Waals surface area contributed by atoms with E-state index in [2.05, 4.69) is 20.8 Å². The van der Waals surface area contributed by atoms with Crippen LogP contribution in [0.2, 0.25) is 0 Å². The van der Waals surface area contributed by atoms with Crippen molar-refractivity contribution in [1.29, 1.82) is 0 Å². The molecule has 1 aliphatic rings. The smallest absolute Gasteiger partial charge is 0.306 e. The van der Waals surface area contributed by atoms with Crippen LogP contribution < -0.4 is 0 Å². The minimum atomic E-state index is -0.00718. The van der Waals surface area contributed by atoms with Gasteiger partial charge in [-0.2, -0.15) is 0 Å². The summed E-state index contributed by atoms with van der Waals surface area (Å²) < 4.78 is 5.64. The van der Waals surface area contributed by atoms with E-state index >= 15 is 0 Å². The van der Waals surface area contributed by atoms with E-state index in [1.807, 2.05) is 6.92 Å². The molecule has 2 heteroatoms. The van der Waals surface area contributed by atoms with Crippen LogP contribution in [-0.2, 0) is 9.53 Å². The largest absolute Gasteiger partial charge is 0.462 e. The van der Waals surface area contributed by atoms with Gasteiger partial charge in [0.05, 0.1) is 0 Å². The zero-order valence-electron chi connectivity index (χ0n) is 11.2. The molecule has 1 rings (SSSR count). The molecule has 0 spiro atoms. The number of rotatable bonds is 4. The highest BCUT2D eigenvalue weighted by Gasteiger charge is 2.33. The van der Waals surface area contributed by atoms with Gasteiger partial charge in [-0.25, -0.2) is 0 Å². The predicted molar refractivity (Wildman–Crippen MR) is 66.1 cm³/mol. The van der Waals surface area contributed by atoms with E-state index < -0.39 is 0 Å². The monoisotopic (exact) mass is 226 g/mol. The van der Waals surface area contributed by atoms with Gasteiger partial charge in [0.15, 0.2) is 0 Å². The van der Waals surface area contributed by atoms with E-state index in [1.165, 1.54) is 12.8 Å². The standard InChI is InChI=1S/C14H26O2/c1-5-6-14(15)16-13-9-11(4)7-8-12(13)10(2)3/h10-13H,5-9H2,1-4H3/t11-,12?,13?/m1/s1. The molecule has 0 aromatic rings. The first-order valence-corrected chi connectivity index (χ1v) is 6.74. The van der Waals surface area contributed by atoms with Gasteiger partial charge in [0, 0.05) is 6.42 Å². The summed E-state index contributed by atoms with van der Waals surface area (Å²) >= 11 is 0. The Morgan fingerprint density at radius 1 is 1.38 bits per heavy atom. The van der Waals surface area contributed by atoms with Crippen molar-refractivity contribution >= 4 is 5.97 Å². The van der Waals surface area contributed by atoms with Crippen molar-refractivity contribution in [1.82, 2.24) is 0 Å². The Bertz CT molecular complexity index is 223. The van der Waals surface area contributed by atoms with Crippen LogP contribution in [0.25, 0.3) is 0 Å². The first-order chi connectivity index (χ1) is 7.54. The molecule has 0 heterocycles. The molecule has 1 aliphatic carbocycles. The first kappa shape index (κ1) is 13.5. The summed E-state index contributed by atoms with van der Waals surface area (Å²) in [4.78, 5) is 11.6. The summed E-state index contributed by atoms with van der Waals surface area (Å²) in [6.07, 6.45) is 5.16. The van der Waals surface area contributed by atoms with E-state index in [1.54, 1.807) is 0 Å². The molecule has 0 amide bonds. The quantitative estimate of drug-likeness (QED) is 0.682. The molecule has 0 aliphatic heterocycles. The van der Waals surface area contributed by atoms with E-state index in [9.17, 15) is 4.79 Å². The summed E-state index contributed by atoms with van der Waals surface area (Å²) in [6, 6.07) is 0. The number of carbonyl (C=O) groups is 1. The minimum Gasteiger partial charge on any atom is -0.462 e. The molecule has 2 nitrogen and oxygen atoms in total. The van der Waals surface area contributed by atoms with Gasteiger partial charge in [-0.3, -0.25) is 4.79 Å². The third-order valence-corrected chi connectivity index (χ3v) is 3.70. The van der Waals surface area contributed by atoms with Gasteiger partial charge in [0.1, 0.15) is 6.10 Å². The van der Waals surface area contributed by atoms with Crippen molar-refractivity contribution in [3.63, 3.8) is 0 Å². The Morgan fingerprint density at radius 2 is 2.06 bits per heavy atom. The molecule has 0 aromatic carbocycles. The maximum absolute atomic E-state index is 11.6. The Balaban J connectivity index is 2.54. The molecule has 1 saturated carbocycles. The average molecular weight is 226 g/mol. The minimum absolute atomic E-state index is 0.00718. The first-order valence-electron chi connectivity index (χ1n) is 6.74. The van der Waals surface area contributed by atoms with Gasteiger partial charge in [-0.05, 0) is 37.0 Å². The predicted octanol–water partition coefficient (Wildman–Crippen LogP) is 3.79. The zero-order valence-corrected chi connectivity index (χ0v) is 11.2. The van der Waals surface area contributed by atoms with Gasteiger partial charge in [-0.1, -0.05) is 34.1 Å². The fourth-order valence-electron chi connectivity index (χ4n) is 2.68. The summed E-state index contributed by atoms with van der Waals surface area (Å²) in [6.45, 7) is 8.75. The van der Waals surface area contributed by atoms with Crippen LogP contribution in [0.4, 0.5) is 0 Å². The summed E-state index contributed by atoms with van der Waals surface area (Å²) in [7, 11) is 0. The Labute approximate surface area is 99.8 Å². The molecular formula is C14H26O2. The lowest BCUT2D eigenvalue weighted by Gasteiger charge is -2.36. The Hall–Kier alpha value is -0.530. The third-order valence-electron chi connectivity index (χ3n) is 3.70. The fraction of sp³-hybridized carbons (Fsp3) is 0.929. The van der Waals surface area contributed by atoms with Crippen LogP contribution in [0.15, 0.2) is 0 Å². The normalized spacial score (nSPS) is 30.4. The van der Waals surface area contributed by atoms with Crippen molar-refractivity contribution < 1.29 is 9.53 Å². The van der Waals surface area contributed by atoms with Crippen LogP contribution in [0.1, 0.15) is 59.8 Å². The molecule has 0 saturated heterocycles. The fourth-order valence-corrected chi connectivity index (χ4v) is 2.68. The Kier molecular flexibility index (Phi) is 5.30. The number of carbonyl (C=O) groups excluding carboxylic acids is 1. The molecular weight excluding hydrogens is 200 g/mol. The van der Waals surface area contributed by atoms with Crippen LogP contribution in [0.5, 0.6) is 0 Å². The summed E-state index contributed by atoms with van der Waals surface area (Å²) in [5.74, 6) is 1.88. The average Bonchev–Trinajstić information content (AvgIpc) is 2.17. The molecule has 0 aromatic heterocycles. The van der Waals surface area contributed by atoms with E-state index in [0.29, 0.717) is 24.2 Å². The van der Waals surface area contributed by atoms with Crippen molar-refractivity contribution in [2.45, 2.75) is 65.9 Å². The molecule has 16 heavy (non-hydrogen) atoms. The topological polar surface area (TPSA) is 26.3 Å². The Morgan fingerprint density at radius 3 is 2.62 bits per heavy atom. The van der Waals surface area contributed by atoms with Gasteiger partial charge in [0.2, 0.25) is 0 Å². The SMILES string of the molecule is CCCC(=O)OC1C[C@H](C)CCC1C(C)C. The molecule has 0 bridgehead atoms. The van der Waals surface area contributed by atoms with E-state index in [0.717, 1.165) is 12.8 Å². The second-order valence-corrected chi connectivity index (χ2v) is 5.60. The summed E-state index contributed by atoms with van der Waals surface area (Å²) in [5, 5.41) is 0. The van der Waals surface area contributed by atoms with Crippen LogP contribution in [0.3, 0.4) is 0 Å².